The number of quaternary nitrogens is 1. The second kappa shape index (κ2) is 7.81. The third kappa shape index (κ3) is 3.97. The van der Waals surface area contributed by atoms with Crippen LogP contribution in [0.4, 0.5) is 5.82 Å². The molecule has 2 aromatic rings. The molecule has 3 rings (SSSR count). The fourth-order valence-electron chi connectivity index (χ4n) is 3.15. The van der Waals surface area contributed by atoms with Crippen molar-refractivity contribution in [1.82, 2.24) is 5.32 Å². The maximum absolute atomic E-state index is 11.8. The van der Waals surface area contributed by atoms with Gasteiger partial charge in [-0.25, -0.2) is 4.98 Å². The van der Waals surface area contributed by atoms with Gasteiger partial charge >= 0.3 is 0 Å². The van der Waals surface area contributed by atoms with Gasteiger partial charge in [-0.2, -0.15) is 0 Å². The van der Waals surface area contributed by atoms with Crippen LogP contribution in [-0.4, -0.2) is 45.2 Å². The molecule has 5 nitrogen and oxygen atoms in total. The zero-order valence-electron chi connectivity index (χ0n) is 14.1. The van der Waals surface area contributed by atoms with Crippen molar-refractivity contribution in [1.29, 1.82) is 0 Å². The maximum Gasteiger partial charge on any atom is 0.276 e. The molecule has 3 N–H and O–H groups in total. The zero-order valence-corrected chi connectivity index (χ0v) is 14.8. The number of hydrogen-bond donors (Lipinski definition) is 2. The van der Waals surface area contributed by atoms with Crippen LogP contribution in [0.2, 0.25) is 5.15 Å². The minimum absolute atomic E-state index is 0.153. The molecular formula is C18H25ClN4O+2. The molecule has 0 spiro atoms. The number of aromatic nitrogens is 1. The van der Waals surface area contributed by atoms with Gasteiger partial charge in [-0.1, -0.05) is 25.1 Å². The van der Waals surface area contributed by atoms with Crippen LogP contribution in [0.1, 0.15) is 13.3 Å². The number of aromatic amines is 1. The summed E-state index contributed by atoms with van der Waals surface area (Å²) >= 11 is 6.39. The summed E-state index contributed by atoms with van der Waals surface area (Å²) < 4.78 is 0. The lowest BCUT2D eigenvalue weighted by Gasteiger charge is -2.28. The van der Waals surface area contributed by atoms with Crippen molar-refractivity contribution in [2.45, 2.75) is 13.3 Å². The minimum Gasteiger partial charge on any atom is -0.351 e. The molecule has 24 heavy (non-hydrogen) atoms. The Morgan fingerprint density at radius 2 is 2.08 bits per heavy atom. The average molecular weight is 349 g/mol. The van der Waals surface area contributed by atoms with Gasteiger partial charge < -0.3 is 10.2 Å². The first-order chi connectivity index (χ1) is 11.7. The molecule has 0 bridgehead atoms. The van der Waals surface area contributed by atoms with Crippen molar-refractivity contribution in [2.75, 3.05) is 44.2 Å². The number of amides is 1. The molecule has 1 aliphatic heterocycles. The topological polar surface area (TPSA) is 50.9 Å². The van der Waals surface area contributed by atoms with E-state index in [0.717, 1.165) is 55.7 Å². The Kier molecular flexibility index (Phi) is 5.53. The predicted octanol–water partition coefficient (Wildman–Crippen LogP) is 0.538. The number of piperazine rings is 1. The van der Waals surface area contributed by atoms with E-state index in [2.05, 4.69) is 34.3 Å². The molecule has 1 aliphatic rings. The fraction of sp³-hybridized carbons (Fsp3) is 0.444. The van der Waals surface area contributed by atoms with Crippen LogP contribution < -0.4 is 20.1 Å². The van der Waals surface area contributed by atoms with E-state index in [9.17, 15) is 4.79 Å². The molecule has 1 aromatic heterocycles. The highest BCUT2D eigenvalue weighted by atomic mass is 35.5. The maximum atomic E-state index is 11.8. The van der Waals surface area contributed by atoms with E-state index in [1.165, 1.54) is 4.90 Å². The van der Waals surface area contributed by atoms with Crippen LogP contribution in [0.3, 0.4) is 0 Å². The standard InChI is InChI=1S/C18H23ClN4O/c1-2-7-20-17(24)13-22-8-10-23(11-9-22)16-12-14-5-3-4-6-15(14)18(19)21-16/h3-6,12H,2,7-11,13H2,1H3,(H,20,24)/p+2. The second-order valence-corrected chi connectivity index (χ2v) is 6.70. The number of H-pyrrole nitrogens is 1. The van der Waals surface area contributed by atoms with Gasteiger partial charge in [0.25, 0.3) is 11.7 Å². The van der Waals surface area contributed by atoms with E-state index in [0.29, 0.717) is 11.7 Å². The molecule has 0 aliphatic carbocycles. The first kappa shape index (κ1) is 17.0. The van der Waals surface area contributed by atoms with E-state index in [-0.39, 0.29) is 5.91 Å². The lowest BCUT2D eigenvalue weighted by atomic mass is 10.1. The van der Waals surface area contributed by atoms with Crippen LogP contribution in [0, 0.1) is 0 Å². The lowest BCUT2D eigenvalue weighted by Crippen LogP contribution is -3.16. The fourth-order valence-corrected chi connectivity index (χ4v) is 3.42. The molecule has 0 atom stereocenters. The van der Waals surface area contributed by atoms with Crippen LogP contribution in [0.15, 0.2) is 30.3 Å². The first-order valence-electron chi connectivity index (χ1n) is 8.63. The Labute approximate surface area is 147 Å². The summed E-state index contributed by atoms with van der Waals surface area (Å²) in [5.41, 5.74) is 0. The molecule has 0 unspecified atom stereocenters. The van der Waals surface area contributed by atoms with Crippen molar-refractivity contribution >= 4 is 34.1 Å². The molecular weight excluding hydrogens is 324 g/mol. The number of fused-ring (bicyclic) bond motifs is 1. The number of nitrogens with one attached hydrogen (secondary N) is 3. The van der Waals surface area contributed by atoms with Gasteiger partial charge in [-0.05, 0) is 29.5 Å². The van der Waals surface area contributed by atoms with Crippen molar-refractivity contribution in [3.8, 4) is 0 Å². The predicted molar refractivity (Wildman–Crippen MR) is 96.6 cm³/mol. The molecule has 2 heterocycles. The molecule has 1 aromatic carbocycles. The second-order valence-electron chi connectivity index (χ2n) is 6.32. The summed E-state index contributed by atoms with van der Waals surface area (Å²) in [6, 6.07) is 10.3. The van der Waals surface area contributed by atoms with Crippen molar-refractivity contribution in [2.24, 2.45) is 0 Å². The number of halogens is 1. The number of benzene rings is 1. The van der Waals surface area contributed by atoms with E-state index >= 15 is 0 Å². The summed E-state index contributed by atoms with van der Waals surface area (Å²) in [5.74, 6) is 1.20. The number of pyridine rings is 1. The van der Waals surface area contributed by atoms with Gasteiger partial charge in [0, 0.05) is 18.0 Å². The highest BCUT2D eigenvalue weighted by Gasteiger charge is 2.28. The van der Waals surface area contributed by atoms with Crippen molar-refractivity contribution < 1.29 is 14.7 Å². The Balaban J connectivity index is 1.61. The number of carbonyl (C=O) groups is 1. The average Bonchev–Trinajstić information content (AvgIpc) is 2.60. The van der Waals surface area contributed by atoms with Crippen LogP contribution in [0.25, 0.3) is 10.8 Å². The SMILES string of the molecule is CCCNC(=O)C[NH+]1CCN(c2cc3ccccc3c(Cl)[nH+]2)CC1. The highest BCUT2D eigenvalue weighted by molar-refractivity contribution is 6.33. The third-order valence-electron chi connectivity index (χ3n) is 4.52. The zero-order chi connectivity index (χ0) is 16.9. The number of carbonyl (C=O) groups excluding carboxylic acids is 1. The quantitative estimate of drug-likeness (QED) is 0.775. The highest BCUT2D eigenvalue weighted by Crippen LogP contribution is 2.22. The Morgan fingerprint density at radius 3 is 2.83 bits per heavy atom. The molecule has 128 valence electrons. The first-order valence-corrected chi connectivity index (χ1v) is 9.01. The summed E-state index contributed by atoms with van der Waals surface area (Å²) in [4.78, 5) is 18.8. The summed E-state index contributed by atoms with van der Waals surface area (Å²) in [6.45, 7) is 7.15. The molecule has 0 radical (unpaired) electrons. The third-order valence-corrected chi connectivity index (χ3v) is 4.82. The number of rotatable bonds is 5. The number of hydrogen-bond acceptors (Lipinski definition) is 2. The van der Waals surface area contributed by atoms with Crippen LogP contribution in [0.5, 0.6) is 0 Å². The Morgan fingerprint density at radius 1 is 1.33 bits per heavy atom. The van der Waals surface area contributed by atoms with Crippen LogP contribution in [-0.2, 0) is 4.79 Å². The molecule has 1 fully saturated rings. The Bertz CT molecular complexity index is 713. The van der Waals surface area contributed by atoms with Crippen molar-refractivity contribution in [3.05, 3.63) is 35.5 Å². The van der Waals surface area contributed by atoms with E-state index in [1.54, 1.807) is 0 Å². The summed E-state index contributed by atoms with van der Waals surface area (Å²) in [7, 11) is 0. The number of anilines is 1. The van der Waals surface area contributed by atoms with Gasteiger partial charge in [-0.3, -0.25) is 9.69 Å². The number of nitrogens with zero attached hydrogens (tertiary/aromatic N) is 1. The van der Waals surface area contributed by atoms with E-state index < -0.39 is 0 Å². The summed E-state index contributed by atoms with van der Waals surface area (Å²) in [5, 5.41) is 5.82. The minimum atomic E-state index is 0.153. The molecule has 6 heteroatoms. The van der Waals surface area contributed by atoms with Gasteiger partial charge in [-0.15, -0.1) is 0 Å². The van der Waals surface area contributed by atoms with E-state index in [4.69, 9.17) is 11.6 Å². The van der Waals surface area contributed by atoms with Crippen LogP contribution >= 0.6 is 11.6 Å². The molecule has 0 saturated carbocycles. The van der Waals surface area contributed by atoms with Crippen molar-refractivity contribution in [3.63, 3.8) is 0 Å². The lowest BCUT2D eigenvalue weighted by molar-refractivity contribution is -0.892. The largest absolute Gasteiger partial charge is 0.351 e. The normalized spacial score (nSPS) is 15.7. The van der Waals surface area contributed by atoms with E-state index in [1.807, 2.05) is 18.2 Å². The monoisotopic (exact) mass is 348 g/mol. The smallest absolute Gasteiger partial charge is 0.276 e. The van der Waals surface area contributed by atoms with Gasteiger partial charge in [0.1, 0.15) is 26.2 Å². The summed E-state index contributed by atoms with van der Waals surface area (Å²) in [6.07, 6.45) is 0.980. The molecule has 1 amide bonds. The molecule has 1 saturated heterocycles. The van der Waals surface area contributed by atoms with Gasteiger partial charge in [0.2, 0.25) is 5.15 Å². The van der Waals surface area contributed by atoms with Gasteiger partial charge in [0.05, 0.1) is 0 Å². The van der Waals surface area contributed by atoms with Gasteiger partial charge in [0.15, 0.2) is 6.54 Å². The Hall–Kier alpha value is -1.85.